The highest BCUT2D eigenvalue weighted by molar-refractivity contribution is 5.51. The van der Waals surface area contributed by atoms with Gasteiger partial charge in [-0.2, -0.15) is 0 Å². The van der Waals surface area contributed by atoms with E-state index in [1.54, 1.807) is 14.2 Å². The quantitative estimate of drug-likeness (QED) is 0.621. The van der Waals surface area contributed by atoms with Crippen LogP contribution in [-0.2, 0) is 0 Å². The van der Waals surface area contributed by atoms with E-state index in [0.29, 0.717) is 37.1 Å². The zero-order chi connectivity index (χ0) is 16.8. The lowest BCUT2D eigenvalue weighted by Gasteiger charge is -2.26. The number of para-hydroxylation sites is 3. The van der Waals surface area contributed by atoms with Crippen molar-refractivity contribution in [2.24, 2.45) is 0 Å². The molecule has 0 radical (unpaired) electrons. The molecule has 1 atom stereocenters. The summed E-state index contributed by atoms with van der Waals surface area (Å²) in [7, 11) is 3.19. The van der Waals surface area contributed by atoms with Crippen molar-refractivity contribution in [1.29, 1.82) is 0 Å². The second-order valence-corrected chi connectivity index (χ2v) is 5.23. The third kappa shape index (κ3) is 3.65. The Morgan fingerprint density at radius 1 is 1.00 bits per heavy atom. The lowest BCUT2D eigenvalue weighted by molar-refractivity contribution is 0.0852. The van der Waals surface area contributed by atoms with Gasteiger partial charge in [0, 0.05) is 6.54 Å². The number of nitrogens with one attached hydrogen (secondary N) is 1. The average Bonchev–Trinajstić information content (AvgIpc) is 2.64. The molecular formula is C18H21NO5. The zero-order valence-electron chi connectivity index (χ0n) is 13.8. The largest absolute Gasteiger partial charge is 0.493 e. The summed E-state index contributed by atoms with van der Waals surface area (Å²) in [5.41, 5.74) is 0. The van der Waals surface area contributed by atoms with Crippen LogP contribution in [-0.4, -0.2) is 40.2 Å². The van der Waals surface area contributed by atoms with Crippen molar-refractivity contribution in [3.63, 3.8) is 0 Å². The Morgan fingerprint density at radius 3 is 2.42 bits per heavy atom. The second kappa shape index (κ2) is 7.79. The fourth-order valence-corrected chi connectivity index (χ4v) is 2.47. The Morgan fingerprint density at radius 2 is 1.71 bits per heavy atom. The van der Waals surface area contributed by atoms with Crippen molar-refractivity contribution in [2.45, 2.75) is 6.10 Å². The third-order valence-electron chi connectivity index (χ3n) is 3.64. The van der Waals surface area contributed by atoms with Gasteiger partial charge in [0.05, 0.1) is 14.2 Å². The molecule has 1 heterocycles. The van der Waals surface area contributed by atoms with Crippen molar-refractivity contribution in [3.05, 3.63) is 42.5 Å². The lowest BCUT2D eigenvalue weighted by atomic mass is 10.2. The molecule has 0 amide bonds. The van der Waals surface area contributed by atoms with Crippen LogP contribution in [0.2, 0.25) is 0 Å². The van der Waals surface area contributed by atoms with Crippen LogP contribution in [0.4, 0.5) is 0 Å². The van der Waals surface area contributed by atoms with Gasteiger partial charge < -0.3 is 23.7 Å². The van der Waals surface area contributed by atoms with Crippen LogP contribution in [0.3, 0.4) is 0 Å². The van der Waals surface area contributed by atoms with Gasteiger partial charge in [-0.25, -0.2) is 0 Å². The summed E-state index contributed by atoms with van der Waals surface area (Å²) < 4.78 is 27.9. The van der Waals surface area contributed by atoms with Crippen LogP contribution in [0.25, 0.3) is 0 Å². The molecular weight excluding hydrogens is 310 g/mol. The van der Waals surface area contributed by atoms with Gasteiger partial charge in [0.2, 0.25) is 5.75 Å². The normalized spacial score (nSPS) is 15.7. The minimum Gasteiger partial charge on any atom is -0.493 e. The van der Waals surface area contributed by atoms with Gasteiger partial charge in [-0.3, -0.25) is 5.32 Å². The van der Waals surface area contributed by atoms with Gasteiger partial charge in [0.25, 0.3) is 0 Å². The molecule has 0 aliphatic carbocycles. The van der Waals surface area contributed by atoms with E-state index >= 15 is 0 Å². The monoisotopic (exact) mass is 331 g/mol. The molecule has 128 valence electrons. The summed E-state index contributed by atoms with van der Waals surface area (Å²) in [6, 6.07) is 13.2. The Kier molecular flexibility index (Phi) is 5.28. The smallest absolute Gasteiger partial charge is 0.204 e. The van der Waals surface area contributed by atoms with E-state index < -0.39 is 0 Å². The highest BCUT2D eigenvalue weighted by Crippen LogP contribution is 2.36. The number of ether oxygens (including phenoxy) is 5. The molecule has 2 aromatic carbocycles. The van der Waals surface area contributed by atoms with Crippen molar-refractivity contribution >= 4 is 0 Å². The molecule has 1 aliphatic heterocycles. The zero-order valence-corrected chi connectivity index (χ0v) is 13.8. The predicted octanol–water partition coefficient (Wildman–Crippen LogP) is 2.47. The summed E-state index contributed by atoms with van der Waals surface area (Å²) in [5, 5.41) is 3.20. The molecule has 1 unspecified atom stereocenters. The Labute approximate surface area is 141 Å². The fraction of sp³-hybridized carbons (Fsp3) is 0.333. The first kappa shape index (κ1) is 16.3. The maximum atomic E-state index is 5.88. The number of methoxy groups -OCH3 is 2. The maximum Gasteiger partial charge on any atom is 0.204 e. The fourth-order valence-electron chi connectivity index (χ4n) is 2.47. The van der Waals surface area contributed by atoms with Gasteiger partial charge in [-0.05, 0) is 24.3 Å². The summed E-state index contributed by atoms with van der Waals surface area (Å²) in [6.45, 7) is 1.41. The molecule has 1 aliphatic rings. The third-order valence-corrected chi connectivity index (χ3v) is 3.64. The highest BCUT2D eigenvalue weighted by Gasteiger charge is 2.20. The second-order valence-electron chi connectivity index (χ2n) is 5.23. The minimum absolute atomic E-state index is 0.0666. The average molecular weight is 331 g/mol. The molecule has 0 fully saturated rings. The predicted molar refractivity (Wildman–Crippen MR) is 89.4 cm³/mol. The first-order chi connectivity index (χ1) is 11.8. The number of hydrogen-bond acceptors (Lipinski definition) is 6. The first-order valence-corrected chi connectivity index (χ1v) is 7.75. The van der Waals surface area contributed by atoms with E-state index in [1.165, 1.54) is 0 Å². The van der Waals surface area contributed by atoms with E-state index in [-0.39, 0.29) is 6.10 Å². The molecule has 2 aromatic rings. The number of rotatable bonds is 7. The van der Waals surface area contributed by atoms with Gasteiger partial charge in [-0.15, -0.1) is 0 Å². The van der Waals surface area contributed by atoms with Crippen molar-refractivity contribution < 1.29 is 23.7 Å². The first-order valence-electron chi connectivity index (χ1n) is 7.75. The minimum atomic E-state index is -0.0666. The molecule has 3 rings (SSSR count). The van der Waals surface area contributed by atoms with Crippen LogP contribution in [0.15, 0.2) is 42.5 Å². The summed E-state index contributed by atoms with van der Waals surface area (Å²) in [4.78, 5) is 0. The van der Waals surface area contributed by atoms with Gasteiger partial charge in [0.1, 0.15) is 19.4 Å². The Hall–Kier alpha value is -2.60. The standard InChI is InChI=1S/C18H21NO5/c1-20-16-8-5-9-17(21-2)18(16)23-12-19-10-13-11-22-14-6-3-4-7-15(14)24-13/h3-9,13,19H,10-12H2,1-2H3. The van der Waals surface area contributed by atoms with Crippen LogP contribution >= 0.6 is 0 Å². The van der Waals surface area contributed by atoms with Crippen molar-refractivity contribution in [3.8, 4) is 28.7 Å². The van der Waals surface area contributed by atoms with Crippen molar-refractivity contribution in [2.75, 3.05) is 34.1 Å². The van der Waals surface area contributed by atoms with E-state index in [1.807, 2.05) is 42.5 Å². The molecule has 24 heavy (non-hydrogen) atoms. The van der Waals surface area contributed by atoms with Crippen LogP contribution in [0, 0.1) is 0 Å². The van der Waals surface area contributed by atoms with Crippen molar-refractivity contribution in [1.82, 2.24) is 5.32 Å². The SMILES string of the molecule is COc1cccc(OC)c1OCNCC1COc2ccccc2O1. The topological polar surface area (TPSA) is 58.2 Å². The molecule has 0 aromatic heterocycles. The van der Waals surface area contributed by atoms with E-state index in [4.69, 9.17) is 23.7 Å². The molecule has 0 saturated carbocycles. The summed E-state index contributed by atoms with van der Waals surface area (Å²) in [6.07, 6.45) is -0.0666. The number of hydrogen-bond donors (Lipinski definition) is 1. The van der Waals surface area contributed by atoms with Gasteiger partial charge in [0.15, 0.2) is 23.0 Å². The lowest BCUT2D eigenvalue weighted by Crippen LogP contribution is -2.39. The van der Waals surface area contributed by atoms with Gasteiger partial charge >= 0.3 is 0 Å². The van der Waals surface area contributed by atoms with Crippen LogP contribution in [0.1, 0.15) is 0 Å². The number of fused-ring (bicyclic) bond motifs is 1. The molecule has 0 bridgehead atoms. The number of benzene rings is 2. The van der Waals surface area contributed by atoms with E-state index in [0.717, 1.165) is 11.5 Å². The molecule has 1 N–H and O–H groups in total. The van der Waals surface area contributed by atoms with Gasteiger partial charge in [-0.1, -0.05) is 18.2 Å². The Balaban J connectivity index is 1.50. The summed E-state index contributed by atoms with van der Waals surface area (Å²) >= 11 is 0. The summed E-state index contributed by atoms with van der Waals surface area (Å²) in [5.74, 6) is 3.37. The Bertz CT molecular complexity index is 654. The molecule has 0 saturated heterocycles. The molecule has 6 nitrogen and oxygen atoms in total. The molecule has 0 spiro atoms. The van der Waals surface area contributed by atoms with Crippen LogP contribution in [0.5, 0.6) is 28.7 Å². The highest BCUT2D eigenvalue weighted by atomic mass is 16.6. The van der Waals surface area contributed by atoms with E-state index in [2.05, 4.69) is 5.32 Å². The van der Waals surface area contributed by atoms with Crippen LogP contribution < -0.4 is 29.0 Å². The molecule has 6 heteroatoms. The maximum absolute atomic E-state index is 5.88. The van der Waals surface area contributed by atoms with E-state index in [9.17, 15) is 0 Å².